The van der Waals surface area contributed by atoms with E-state index in [0.29, 0.717) is 6.04 Å². The van der Waals surface area contributed by atoms with Crippen LogP contribution in [0.4, 0.5) is 0 Å². The van der Waals surface area contributed by atoms with Crippen LogP contribution in [0.2, 0.25) is 0 Å². The molecular formula is C17H23NS. The predicted octanol–water partition coefficient (Wildman–Crippen LogP) is 5.04. The maximum absolute atomic E-state index is 3.41. The Morgan fingerprint density at radius 3 is 2.37 bits per heavy atom. The number of hydrogen-bond acceptors (Lipinski definition) is 2. The average molecular weight is 273 g/mol. The molecule has 1 N–H and O–H groups in total. The number of rotatable bonds is 6. The van der Waals surface area contributed by atoms with Gasteiger partial charge in [-0.25, -0.2) is 0 Å². The summed E-state index contributed by atoms with van der Waals surface area (Å²) in [7, 11) is 2.05. The molecule has 1 heterocycles. The Morgan fingerprint density at radius 1 is 1.05 bits per heavy atom. The molecule has 19 heavy (non-hydrogen) atoms. The number of hydrogen-bond donors (Lipinski definition) is 1. The van der Waals surface area contributed by atoms with Gasteiger partial charge in [0.25, 0.3) is 0 Å². The van der Waals surface area contributed by atoms with E-state index >= 15 is 0 Å². The highest BCUT2D eigenvalue weighted by atomic mass is 32.1. The van der Waals surface area contributed by atoms with Gasteiger partial charge in [-0.05, 0) is 43.1 Å². The molecule has 0 bridgehead atoms. The molecule has 0 aliphatic heterocycles. The highest BCUT2D eigenvalue weighted by Crippen LogP contribution is 2.33. The van der Waals surface area contributed by atoms with Crippen LogP contribution in [0.5, 0.6) is 0 Å². The summed E-state index contributed by atoms with van der Waals surface area (Å²) >= 11 is 1.91. The number of nitrogens with one attached hydrogen (secondary N) is 1. The predicted molar refractivity (Wildman–Crippen MR) is 85.8 cm³/mol. The second-order valence-electron chi connectivity index (χ2n) is 4.88. The van der Waals surface area contributed by atoms with Crippen LogP contribution in [-0.2, 0) is 6.42 Å². The van der Waals surface area contributed by atoms with E-state index in [1.165, 1.54) is 33.7 Å². The van der Waals surface area contributed by atoms with Gasteiger partial charge >= 0.3 is 0 Å². The molecule has 1 unspecified atom stereocenters. The van der Waals surface area contributed by atoms with Crippen LogP contribution in [0.15, 0.2) is 36.4 Å². The van der Waals surface area contributed by atoms with Gasteiger partial charge in [0.05, 0.1) is 0 Å². The number of thiophene rings is 1. The molecule has 102 valence electrons. The molecule has 1 atom stereocenters. The Hall–Kier alpha value is -1.12. The number of aryl methyl sites for hydroxylation is 1. The Balaban J connectivity index is 2.19. The molecule has 2 aromatic rings. The first kappa shape index (κ1) is 14.3. The van der Waals surface area contributed by atoms with Gasteiger partial charge in [-0.2, -0.15) is 0 Å². The summed E-state index contributed by atoms with van der Waals surface area (Å²) < 4.78 is 0. The van der Waals surface area contributed by atoms with Gasteiger partial charge in [-0.1, -0.05) is 44.5 Å². The molecule has 2 heteroatoms. The van der Waals surface area contributed by atoms with Crippen LogP contribution in [-0.4, -0.2) is 7.05 Å². The van der Waals surface area contributed by atoms with Crippen molar-refractivity contribution in [1.29, 1.82) is 0 Å². The minimum atomic E-state index is 0.499. The minimum absolute atomic E-state index is 0.499. The fourth-order valence-corrected chi connectivity index (χ4v) is 3.48. The van der Waals surface area contributed by atoms with Gasteiger partial charge < -0.3 is 5.32 Å². The third kappa shape index (κ3) is 3.46. The zero-order chi connectivity index (χ0) is 13.7. The molecule has 1 aromatic carbocycles. The standard InChI is InChI=1S/C17H23NS/c1-4-6-15(18-3)17-12-11-16(19-17)14-9-7-13(5-2)8-10-14/h7-12,15,18H,4-6H2,1-3H3. The van der Waals surface area contributed by atoms with E-state index in [4.69, 9.17) is 0 Å². The molecule has 2 rings (SSSR count). The van der Waals surface area contributed by atoms with E-state index in [-0.39, 0.29) is 0 Å². The van der Waals surface area contributed by atoms with Gasteiger partial charge in [0.15, 0.2) is 0 Å². The Kier molecular flexibility index (Phi) is 5.17. The minimum Gasteiger partial charge on any atom is -0.312 e. The normalized spacial score (nSPS) is 12.6. The van der Waals surface area contributed by atoms with Crippen LogP contribution < -0.4 is 5.32 Å². The largest absolute Gasteiger partial charge is 0.312 e. The summed E-state index contributed by atoms with van der Waals surface area (Å²) in [5, 5.41) is 3.41. The van der Waals surface area contributed by atoms with Crippen molar-refractivity contribution in [2.24, 2.45) is 0 Å². The van der Waals surface area contributed by atoms with Crippen molar-refractivity contribution in [3.63, 3.8) is 0 Å². The SMILES string of the molecule is CCCC(NC)c1ccc(-c2ccc(CC)cc2)s1. The first-order chi connectivity index (χ1) is 9.28. The van der Waals surface area contributed by atoms with Crippen molar-refractivity contribution in [3.05, 3.63) is 46.8 Å². The average Bonchev–Trinajstić information content (AvgIpc) is 2.94. The molecule has 0 aliphatic carbocycles. The van der Waals surface area contributed by atoms with Gasteiger partial charge in [0.1, 0.15) is 0 Å². The highest BCUT2D eigenvalue weighted by molar-refractivity contribution is 7.15. The van der Waals surface area contributed by atoms with Crippen LogP contribution in [0, 0.1) is 0 Å². The molecule has 0 radical (unpaired) electrons. The number of benzene rings is 1. The van der Waals surface area contributed by atoms with E-state index < -0.39 is 0 Å². The third-order valence-corrected chi connectivity index (χ3v) is 4.79. The second kappa shape index (κ2) is 6.88. The quantitative estimate of drug-likeness (QED) is 0.777. The Bertz CT molecular complexity index is 498. The first-order valence-electron chi connectivity index (χ1n) is 7.14. The van der Waals surface area contributed by atoms with E-state index in [0.717, 1.165) is 6.42 Å². The fourth-order valence-electron chi connectivity index (χ4n) is 2.32. The molecule has 0 saturated carbocycles. The molecule has 1 aromatic heterocycles. The lowest BCUT2D eigenvalue weighted by Crippen LogP contribution is -2.14. The third-order valence-electron chi connectivity index (χ3n) is 3.54. The lowest BCUT2D eigenvalue weighted by Gasteiger charge is -2.12. The van der Waals surface area contributed by atoms with E-state index in [1.54, 1.807) is 0 Å². The summed E-state index contributed by atoms with van der Waals surface area (Å²) in [6.07, 6.45) is 3.52. The molecule has 1 nitrogen and oxygen atoms in total. The van der Waals surface area contributed by atoms with Gasteiger partial charge in [0, 0.05) is 15.8 Å². The smallest absolute Gasteiger partial charge is 0.0412 e. The van der Waals surface area contributed by atoms with Gasteiger partial charge in [-0.3, -0.25) is 0 Å². The van der Waals surface area contributed by atoms with Gasteiger partial charge in [-0.15, -0.1) is 11.3 Å². The van der Waals surface area contributed by atoms with Crippen LogP contribution >= 0.6 is 11.3 Å². The molecule has 0 spiro atoms. The van der Waals surface area contributed by atoms with Crippen molar-refractivity contribution < 1.29 is 0 Å². The summed E-state index contributed by atoms with van der Waals surface area (Å²) in [4.78, 5) is 2.81. The van der Waals surface area contributed by atoms with Crippen LogP contribution in [0.25, 0.3) is 10.4 Å². The monoisotopic (exact) mass is 273 g/mol. The van der Waals surface area contributed by atoms with E-state index in [9.17, 15) is 0 Å². The molecule has 0 amide bonds. The highest BCUT2D eigenvalue weighted by Gasteiger charge is 2.11. The topological polar surface area (TPSA) is 12.0 Å². The van der Waals surface area contributed by atoms with E-state index in [2.05, 4.69) is 62.6 Å². The zero-order valence-corrected chi connectivity index (χ0v) is 12.9. The van der Waals surface area contributed by atoms with Crippen LogP contribution in [0.3, 0.4) is 0 Å². The van der Waals surface area contributed by atoms with Crippen LogP contribution in [0.1, 0.15) is 43.2 Å². The molecular weight excluding hydrogens is 250 g/mol. The van der Waals surface area contributed by atoms with E-state index in [1.807, 2.05) is 11.3 Å². The second-order valence-corrected chi connectivity index (χ2v) is 6.00. The lowest BCUT2D eigenvalue weighted by molar-refractivity contribution is 0.550. The van der Waals surface area contributed by atoms with Crippen molar-refractivity contribution in [1.82, 2.24) is 5.32 Å². The summed E-state index contributed by atoms with van der Waals surface area (Å²) in [5.74, 6) is 0. The first-order valence-corrected chi connectivity index (χ1v) is 7.96. The summed E-state index contributed by atoms with van der Waals surface area (Å²) in [6.45, 7) is 4.43. The molecule has 0 saturated heterocycles. The Labute approximate surface area is 120 Å². The Morgan fingerprint density at radius 2 is 1.79 bits per heavy atom. The lowest BCUT2D eigenvalue weighted by atomic mass is 10.1. The van der Waals surface area contributed by atoms with Gasteiger partial charge in [0.2, 0.25) is 0 Å². The molecule has 0 aliphatic rings. The fraction of sp³-hybridized carbons (Fsp3) is 0.412. The summed E-state index contributed by atoms with van der Waals surface area (Å²) in [5.41, 5.74) is 2.74. The maximum atomic E-state index is 3.41. The summed E-state index contributed by atoms with van der Waals surface area (Å²) in [6, 6.07) is 14.0. The zero-order valence-electron chi connectivity index (χ0n) is 12.1. The maximum Gasteiger partial charge on any atom is 0.0412 e. The van der Waals surface area contributed by atoms with Crippen molar-refractivity contribution in [2.45, 2.75) is 39.2 Å². The van der Waals surface area contributed by atoms with Crippen molar-refractivity contribution in [3.8, 4) is 10.4 Å². The van der Waals surface area contributed by atoms with Crippen molar-refractivity contribution in [2.75, 3.05) is 7.05 Å². The molecule has 0 fully saturated rings. The van der Waals surface area contributed by atoms with Crippen molar-refractivity contribution >= 4 is 11.3 Å².